The van der Waals surface area contributed by atoms with E-state index in [1.165, 1.54) is 0 Å². The minimum absolute atomic E-state index is 0. The first-order valence-corrected chi connectivity index (χ1v) is 7.43. The molecular formula is C18H23ClN2O2. The highest BCUT2D eigenvalue weighted by Gasteiger charge is 2.07. The number of rotatable bonds is 7. The van der Waals surface area contributed by atoms with Crippen molar-refractivity contribution in [2.75, 3.05) is 13.6 Å². The second-order valence-corrected chi connectivity index (χ2v) is 5.16. The van der Waals surface area contributed by atoms with E-state index in [9.17, 15) is 4.79 Å². The van der Waals surface area contributed by atoms with Crippen molar-refractivity contribution in [3.8, 4) is 11.5 Å². The van der Waals surface area contributed by atoms with Crippen LogP contribution in [0.2, 0.25) is 0 Å². The van der Waals surface area contributed by atoms with Gasteiger partial charge in [-0.1, -0.05) is 30.3 Å². The molecule has 2 rings (SSSR count). The van der Waals surface area contributed by atoms with Crippen molar-refractivity contribution in [3.05, 3.63) is 59.7 Å². The van der Waals surface area contributed by atoms with Crippen molar-refractivity contribution >= 4 is 18.3 Å². The molecule has 5 heteroatoms. The molecule has 4 nitrogen and oxygen atoms in total. The fraction of sp³-hybridized carbons (Fsp3) is 0.278. The van der Waals surface area contributed by atoms with Gasteiger partial charge in [0, 0.05) is 25.1 Å². The predicted molar refractivity (Wildman–Crippen MR) is 95.3 cm³/mol. The van der Waals surface area contributed by atoms with Gasteiger partial charge in [0.1, 0.15) is 11.5 Å². The molecule has 0 radical (unpaired) electrons. The summed E-state index contributed by atoms with van der Waals surface area (Å²) in [6.45, 7) is 3.16. The van der Waals surface area contributed by atoms with E-state index in [-0.39, 0.29) is 18.3 Å². The van der Waals surface area contributed by atoms with Crippen molar-refractivity contribution in [1.82, 2.24) is 10.6 Å². The van der Waals surface area contributed by atoms with E-state index < -0.39 is 0 Å². The van der Waals surface area contributed by atoms with Gasteiger partial charge >= 0.3 is 0 Å². The number of carbonyl (C=O) groups excluding carboxylic acids is 1. The lowest BCUT2D eigenvalue weighted by Crippen LogP contribution is -2.26. The average Bonchev–Trinajstić information content (AvgIpc) is 2.53. The smallest absolute Gasteiger partial charge is 0.221 e. The minimum Gasteiger partial charge on any atom is -0.457 e. The topological polar surface area (TPSA) is 50.4 Å². The molecule has 2 aromatic carbocycles. The van der Waals surface area contributed by atoms with Crippen molar-refractivity contribution in [2.45, 2.75) is 19.9 Å². The molecule has 0 aliphatic carbocycles. The summed E-state index contributed by atoms with van der Waals surface area (Å²) in [6.07, 6.45) is 0.469. The summed E-state index contributed by atoms with van der Waals surface area (Å²) in [5.41, 5.74) is 2.09. The molecule has 0 aliphatic rings. The van der Waals surface area contributed by atoms with Crippen molar-refractivity contribution in [3.63, 3.8) is 0 Å². The van der Waals surface area contributed by atoms with Gasteiger partial charge in [0.05, 0.1) is 0 Å². The lowest BCUT2D eigenvalue weighted by molar-refractivity contribution is -0.121. The standard InChI is InChI=1S/C18H22N2O2.ClH/c1-14-8-9-15(13-20-18(21)10-11-19-2)17(12-14)22-16-6-4-3-5-7-16;/h3-9,12,19H,10-11,13H2,1-2H3,(H,20,21);1H. The summed E-state index contributed by atoms with van der Waals surface area (Å²) < 4.78 is 5.94. The van der Waals surface area contributed by atoms with Crippen molar-refractivity contribution < 1.29 is 9.53 Å². The first kappa shape index (κ1) is 19.0. The molecule has 23 heavy (non-hydrogen) atoms. The number of hydrogen-bond donors (Lipinski definition) is 2. The zero-order chi connectivity index (χ0) is 15.8. The Hall–Kier alpha value is -2.04. The summed E-state index contributed by atoms with van der Waals surface area (Å²) >= 11 is 0. The number of aryl methyl sites for hydroxylation is 1. The maximum atomic E-state index is 11.7. The SMILES string of the molecule is CNCCC(=O)NCc1ccc(C)cc1Oc1ccccc1.Cl. The summed E-state index contributed by atoms with van der Waals surface area (Å²) in [6, 6.07) is 15.6. The molecule has 0 saturated heterocycles. The monoisotopic (exact) mass is 334 g/mol. The Bertz CT molecular complexity index is 618. The quantitative estimate of drug-likeness (QED) is 0.815. The van der Waals surface area contributed by atoms with Crippen molar-refractivity contribution in [2.24, 2.45) is 0 Å². The Kier molecular flexibility index (Phi) is 8.16. The number of ether oxygens (including phenoxy) is 1. The molecule has 0 aromatic heterocycles. The van der Waals surface area contributed by atoms with Gasteiger partial charge in [-0.25, -0.2) is 0 Å². The molecular weight excluding hydrogens is 312 g/mol. The number of halogens is 1. The highest BCUT2D eigenvalue weighted by molar-refractivity contribution is 5.85. The Morgan fingerprint density at radius 3 is 2.57 bits per heavy atom. The number of carbonyl (C=O) groups is 1. The van der Waals surface area contributed by atoms with E-state index in [1.54, 1.807) is 0 Å². The third-order valence-electron chi connectivity index (χ3n) is 3.27. The van der Waals surface area contributed by atoms with Gasteiger partial charge in [-0.15, -0.1) is 12.4 Å². The van der Waals surface area contributed by atoms with Crippen LogP contribution in [-0.2, 0) is 11.3 Å². The van der Waals surface area contributed by atoms with E-state index in [1.807, 2.05) is 62.5 Å². The van der Waals surface area contributed by atoms with E-state index in [0.29, 0.717) is 19.5 Å². The molecule has 0 atom stereocenters. The molecule has 2 N–H and O–H groups in total. The molecule has 0 saturated carbocycles. The normalized spacial score (nSPS) is 9.83. The van der Waals surface area contributed by atoms with Crippen LogP contribution < -0.4 is 15.4 Å². The van der Waals surface area contributed by atoms with Crippen LogP contribution in [0.4, 0.5) is 0 Å². The highest BCUT2D eigenvalue weighted by atomic mass is 35.5. The Morgan fingerprint density at radius 1 is 1.13 bits per heavy atom. The Labute approximate surface area is 143 Å². The Balaban J connectivity index is 0.00000264. The third-order valence-corrected chi connectivity index (χ3v) is 3.27. The molecule has 0 fully saturated rings. The molecule has 0 heterocycles. The van der Waals surface area contributed by atoms with Crippen molar-refractivity contribution in [1.29, 1.82) is 0 Å². The van der Waals surface area contributed by atoms with Gasteiger partial charge in [0.2, 0.25) is 5.91 Å². The first-order chi connectivity index (χ1) is 10.7. The second-order valence-electron chi connectivity index (χ2n) is 5.16. The molecule has 0 aliphatic heterocycles. The average molecular weight is 335 g/mol. The maximum Gasteiger partial charge on any atom is 0.221 e. The van der Waals surface area contributed by atoms with Crippen LogP contribution in [0.25, 0.3) is 0 Å². The summed E-state index contributed by atoms with van der Waals surface area (Å²) in [5.74, 6) is 1.59. The van der Waals surface area contributed by atoms with E-state index in [0.717, 1.165) is 22.6 Å². The van der Waals surface area contributed by atoms with E-state index in [4.69, 9.17) is 4.74 Å². The summed E-state index contributed by atoms with van der Waals surface area (Å²) in [5, 5.41) is 5.88. The number of hydrogen-bond acceptors (Lipinski definition) is 3. The lowest BCUT2D eigenvalue weighted by Gasteiger charge is -2.13. The van der Waals surface area contributed by atoms with Crippen LogP contribution in [0, 0.1) is 6.92 Å². The van der Waals surface area contributed by atoms with Crippen LogP contribution in [0.3, 0.4) is 0 Å². The van der Waals surface area contributed by atoms with Crippen LogP contribution in [0.5, 0.6) is 11.5 Å². The number of para-hydroxylation sites is 1. The lowest BCUT2D eigenvalue weighted by atomic mass is 10.1. The number of amides is 1. The molecule has 124 valence electrons. The van der Waals surface area contributed by atoms with Gasteiger partial charge in [-0.05, 0) is 37.7 Å². The molecule has 1 amide bonds. The molecule has 0 unspecified atom stereocenters. The van der Waals surface area contributed by atoms with Gasteiger partial charge in [-0.3, -0.25) is 4.79 Å². The van der Waals surface area contributed by atoms with Gasteiger partial charge in [0.25, 0.3) is 0 Å². The van der Waals surface area contributed by atoms with Crippen LogP contribution in [-0.4, -0.2) is 19.5 Å². The van der Waals surface area contributed by atoms with E-state index in [2.05, 4.69) is 10.6 Å². The minimum atomic E-state index is 0. The van der Waals surface area contributed by atoms with Crippen LogP contribution in [0.15, 0.2) is 48.5 Å². The highest BCUT2D eigenvalue weighted by Crippen LogP contribution is 2.26. The number of nitrogens with one attached hydrogen (secondary N) is 2. The van der Waals surface area contributed by atoms with Crippen LogP contribution >= 0.6 is 12.4 Å². The zero-order valence-corrected chi connectivity index (χ0v) is 14.3. The molecule has 0 bridgehead atoms. The van der Waals surface area contributed by atoms with Gasteiger partial charge in [-0.2, -0.15) is 0 Å². The summed E-state index contributed by atoms with van der Waals surface area (Å²) in [4.78, 5) is 11.7. The fourth-order valence-corrected chi connectivity index (χ4v) is 2.04. The second kappa shape index (κ2) is 9.87. The Morgan fingerprint density at radius 2 is 1.87 bits per heavy atom. The fourth-order valence-electron chi connectivity index (χ4n) is 2.04. The zero-order valence-electron chi connectivity index (χ0n) is 13.5. The van der Waals surface area contributed by atoms with Crippen LogP contribution in [0.1, 0.15) is 17.5 Å². The molecule has 2 aromatic rings. The van der Waals surface area contributed by atoms with E-state index >= 15 is 0 Å². The first-order valence-electron chi connectivity index (χ1n) is 7.43. The number of benzene rings is 2. The largest absolute Gasteiger partial charge is 0.457 e. The summed E-state index contributed by atoms with van der Waals surface area (Å²) in [7, 11) is 1.83. The molecule has 0 spiro atoms. The predicted octanol–water partition coefficient (Wildman–Crippen LogP) is 3.43. The van der Waals surface area contributed by atoms with Gasteiger partial charge in [0.15, 0.2) is 0 Å². The van der Waals surface area contributed by atoms with Gasteiger partial charge < -0.3 is 15.4 Å². The third kappa shape index (κ3) is 6.30. The maximum absolute atomic E-state index is 11.7.